The van der Waals surface area contributed by atoms with Crippen molar-refractivity contribution < 1.29 is 14.0 Å². The lowest BCUT2D eigenvalue weighted by molar-refractivity contribution is -0.116. The Morgan fingerprint density at radius 3 is 3.10 bits per heavy atom. The molecular weight excluding hydrogens is 296 g/mol. The number of amides is 2. The molecule has 2 N–H and O–H groups in total. The lowest BCUT2D eigenvalue weighted by Gasteiger charge is -2.03. The highest BCUT2D eigenvalue weighted by molar-refractivity contribution is 7.20. The average Bonchev–Trinajstić information content (AvgIpc) is 3.14. The number of rotatable bonds is 5. The second-order valence-electron chi connectivity index (χ2n) is 4.00. The van der Waals surface area contributed by atoms with Gasteiger partial charge in [0.25, 0.3) is 5.91 Å². The first-order valence-electron chi connectivity index (χ1n) is 6.01. The van der Waals surface area contributed by atoms with Crippen LogP contribution < -0.4 is 10.6 Å². The monoisotopic (exact) mass is 306 g/mol. The van der Waals surface area contributed by atoms with E-state index >= 15 is 0 Å². The molecule has 0 radical (unpaired) electrons. The van der Waals surface area contributed by atoms with Gasteiger partial charge in [0.2, 0.25) is 16.0 Å². The Labute approximate surface area is 122 Å². The molecule has 0 saturated carbocycles. The van der Waals surface area contributed by atoms with Gasteiger partial charge >= 0.3 is 0 Å². The summed E-state index contributed by atoms with van der Waals surface area (Å²) < 4.78 is 6.41. The molecule has 0 aliphatic heterocycles. The van der Waals surface area contributed by atoms with E-state index in [1.165, 1.54) is 28.4 Å². The Kier molecular flexibility index (Phi) is 3.60. The Morgan fingerprint density at radius 1 is 1.43 bits per heavy atom. The molecule has 10 heteroatoms. The molecule has 21 heavy (non-hydrogen) atoms. The van der Waals surface area contributed by atoms with E-state index < -0.39 is 0 Å². The van der Waals surface area contributed by atoms with Crippen molar-refractivity contribution in [3.8, 4) is 0 Å². The molecule has 108 valence electrons. The molecule has 0 fully saturated rings. The SMILES string of the molecule is O=C(CCNC(=O)c1ccco1)Nc1nn2cnnc2s1. The molecule has 3 heterocycles. The molecule has 9 nitrogen and oxygen atoms in total. The first-order valence-corrected chi connectivity index (χ1v) is 6.82. The molecule has 3 aromatic heterocycles. The van der Waals surface area contributed by atoms with Gasteiger partial charge in [-0.3, -0.25) is 9.59 Å². The smallest absolute Gasteiger partial charge is 0.286 e. The molecule has 0 spiro atoms. The van der Waals surface area contributed by atoms with Gasteiger partial charge in [-0.05, 0) is 12.1 Å². The first-order chi connectivity index (χ1) is 10.2. The van der Waals surface area contributed by atoms with Crippen LogP contribution in [0.1, 0.15) is 17.0 Å². The van der Waals surface area contributed by atoms with Crippen molar-refractivity contribution >= 4 is 33.2 Å². The number of fused-ring (bicyclic) bond motifs is 1. The number of furan rings is 1. The van der Waals surface area contributed by atoms with Gasteiger partial charge in [0.15, 0.2) is 5.76 Å². The Morgan fingerprint density at radius 2 is 2.33 bits per heavy atom. The molecule has 0 atom stereocenters. The van der Waals surface area contributed by atoms with E-state index in [9.17, 15) is 9.59 Å². The third-order valence-electron chi connectivity index (χ3n) is 2.52. The zero-order valence-electron chi connectivity index (χ0n) is 10.6. The van der Waals surface area contributed by atoms with Crippen LogP contribution in [0.5, 0.6) is 0 Å². The summed E-state index contributed by atoms with van der Waals surface area (Å²) in [5.41, 5.74) is 0. The summed E-state index contributed by atoms with van der Waals surface area (Å²) in [6, 6.07) is 3.17. The van der Waals surface area contributed by atoms with Crippen molar-refractivity contribution in [1.82, 2.24) is 25.1 Å². The van der Waals surface area contributed by atoms with Gasteiger partial charge in [-0.15, -0.1) is 15.3 Å². The summed E-state index contributed by atoms with van der Waals surface area (Å²) >= 11 is 1.21. The van der Waals surface area contributed by atoms with Crippen molar-refractivity contribution in [2.45, 2.75) is 6.42 Å². The van der Waals surface area contributed by atoms with E-state index in [0.29, 0.717) is 10.1 Å². The van der Waals surface area contributed by atoms with Crippen LogP contribution in [-0.4, -0.2) is 38.2 Å². The summed E-state index contributed by atoms with van der Waals surface area (Å²) in [7, 11) is 0. The normalized spacial score (nSPS) is 10.7. The third kappa shape index (κ3) is 3.05. The van der Waals surface area contributed by atoms with Crippen LogP contribution in [0.2, 0.25) is 0 Å². The number of nitrogens with one attached hydrogen (secondary N) is 2. The Balaban J connectivity index is 1.46. The van der Waals surface area contributed by atoms with Crippen molar-refractivity contribution in [3.05, 3.63) is 30.5 Å². The number of carbonyl (C=O) groups excluding carboxylic acids is 2. The van der Waals surface area contributed by atoms with Crippen LogP contribution in [-0.2, 0) is 4.79 Å². The minimum absolute atomic E-state index is 0.132. The minimum Gasteiger partial charge on any atom is -0.459 e. The molecule has 0 saturated heterocycles. The maximum absolute atomic E-state index is 11.7. The van der Waals surface area contributed by atoms with Crippen LogP contribution in [0.25, 0.3) is 4.96 Å². The number of hydrogen-bond donors (Lipinski definition) is 2. The lowest BCUT2D eigenvalue weighted by Crippen LogP contribution is -2.27. The maximum Gasteiger partial charge on any atom is 0.286 e. The summed E-state index contributed by atoms with van der Waals surface area (Å²) in [4.78, 5) is 23.9. The average molecular weight is 306 g/mol. The standard InChI is InChI=1S/C11H10N6O3S/c18-8(3-4-12-9(19)7-2-1-5-20-7)14-10-16-17-6-13-15-11(17)21-10/h1-2,5-6H,3-4H2,(H,12,19)(H,14,16,18). The van der Waals surface area contributed by atoms with E-state index in [1.807, 2.05) is 0 Å². The molecule has 3 aromatic rings. The quantitative estimate of drug-likeness (QED) is 0.711. The summed E-state index contributed by atoms with van der Waals surface area (Å²) in [5.74, 6) is -0.393. The van der Waals surface area contributed by atoms with Crippen LogP contribution >= 0.6 is 11.3 Å². The van der Waals surface area contributed by atoms with Crippen LogP contribution in [0.3, 0.4) is 0 Å². The summed E-state index contributed by atoms with van der Waals surface area (Å²) in [6.45, 7) is 0.204. The molecule has 0 aliphatic rings. The molecule has 0 unspecified atom stereocenters. The lowest BCUT2D eigenvalue weighted by atomic mass is 10.3. The predicted molar refractivity (Wildman–Crippen MR) is 72.9 cm³/mol. The van der Waals surface area contributed by atoms with Gasteiger partial charge < -0.3 is 15.1 Å². The van der Waals surface area contributed by atoms with E-state index in [1.54, 1.807) is 12.1 Å². The fourth-order valence-electron chi connectivity index (χ4n) is 1.58. The summed E-state index contributed by atoms with van der Waals surface area (Å²) in [5, 5.41) is 17.2. The fourth-order valence-corrected chi connectivity index (χ4v) is 2.31. The van der Waals surface area contributed by atoms with Crippen LogP contribution in [0.15, 0.2) is 29.1 Å². The van der Waals surface area contributed by atoms with Gasteiger partial charge in [0.1, 0.15) is 6.33 Å². The number of carbonyl (C=O) groups is 2. The minimum atomic E-state index is -0.355. The molecule has 3 rings (SSSR count). The van der Waals surface area contributed by atoms with Crippen LogP contribution in [0, 0.1) is 0 Å². The van der Waals surface area contributed by atoms with Gasteiger partial charge in [-0.25, -0.2) is 0 Å². The highest BCUT2D eigenvalue weighted by Crippen LogP contribution is 2.16. The van der Waals surface area contributed by atoms with E-state index in [2.05, 4.69) is 25.9 Å². The highest BCUT2D eigenvalue weighted by atomic mass is 32.1. The second kappa shape index (κ2) is 5.71. The van der Waals surface area contributed by atoms with E-state index in [4.69, 9.17) is 4.42 Å². The van der Waals surface area contributed by atoms with Crippen molar-refractivity contribution in [2.75, 3.05) is 11.9 Å². The van der Waals surface area contributed by atoms with Gasteiger partial charge in [-0.2, -0.15) is 4.52 Å². The third-order valence-corrected chi connectivity index (χ3v) is 3.34. The first kappa shape index (κ1) is 13.2. The number of nitrogens with zero attached hydrogens (tertiary/aromatic N) is 4. The van der Waals surface area contributed by atoms with Gasteiger partial charge in [0.05, 0.1) is 6.26 Å². The summed E-state index contributed by atoms with van der Waals surface area (Å²) in [6.07, 6.45) is 2.99. The highest BCUT2D eigenvalue weighted by Gasteiger charge is 2.11. The topological polar surface area (TPSA) is 114 Å². The maximum atomic E-state index is 11.7. The molecule has 0 aliphatic carbocycles. The Hall–Kier alpha value is -2.75. The van der Waals surface area contributed by atoms with Gasteiger partial charge in [-0.1, -0.05) is 11.3 Å². The van der Waals surface area contributed by atoms with Crippen molar-refractivity contribution in [1.29, 1.82) is 0 Å². The zero-order chi connectivity index (χ0) is 14.7. The second-order valence-corrected chi connectivity index (χ2v) is 4.95. The van der Waals surface area contributed by atoms with Crippen molar-refractivity contribution in [3.63, 3.8) is 0 Å². The van der Waals surface area contributed by atoms with Gasteiger partial charge in [0, 0.05) is 13.0 Å². The largest absolute Gasteiger partial charge is 0.459 e. The van der Waals surface area contributed by atoms with E-state index in [-0.39, 0.29) is 30.5 Å². The fraction of sp³-hybridized carbons (Fsp3) is 0.182. The Bertz CT molecular complexity index is 733. The molecule has 0 aromatic carbocycles. The number of anilines is 1. The van der Waals surface area contributed by atoms with E-state index in [0.717, 1.165) is 0 Å². The predicted octanol–water partition coefficient (Wildman–Crippen LogP) is 0.537. The number of hydrogen-bond acceptors (Lipinski definition) is 7. The molecule has 0 bridgehead atoms. The molecule has 2 amide bonds. The molecular formula is C11H10N6O3S. The number of aromatic nitrogens is 4. The van der Waals surface area contributed by atoms with Crippen LogP contribution in [0.4, 0.5) is 5.13 Å². The zero-order valence-corrected chi connectivity index (χ0v) is 11.5. The van der Waals surface area contributed by atoms with Crippen molar-refractivity contribution in [2.24, 2.45) is 0 Å².